The van der Waals surface area contributed by atoms with Gasteiger partial charge in [0.2, 0.25) is 0 Å². The van der Waals surface area contributed by atoms with Gasteiger partial charge < -0.3 is 20.1 Å². The molecule has 0 radical (unpaired) electrons. The van der Waals surface area contributed by atoms with E-state index in [-0.39, 0.29) is 0 Å². The molecule has 0 amide bonds. The molecular formula is C14H21BN2O3. The lowest BCUT2D eigenvalue weighted by molar-refractivity contribution is 0.00578. The van der Waals surface area contributed by atoms with Gasteiger partial charge in [-0.3, -0.25) is 4.98 Å². The summed E-state index contributed by atoms with van der Waals surface area (Å²) < 4.78 is 11.9. The first kappa shape index (κ1) is 13.9. The number of nitrogens with two attached hydrogens (primary N) is 1. The molecule has 20 heavy (non-hydrogen) atoms. The second-order valence-electron chi connectivity index (χ2n) is 6.79. The van der Waals surface area contributed by atoms with Gasteiger partial charge in [0.05, 0.1) is 28.2 Å². The van der Waals surface area contributed by atoms with Crippen molar-refractivity contribution in [3.8, 4) is 0 Å². The Bertz CT molecular complexity index is 539. The molecule has 6 heteroatoms. The van der Waals surface area contributed by atoms with E-state index in [4.69, 9.17) is 15.0 Å². The molecule has 1 aromatic rings. The van der Waals surface area contributed by atoms with Gasteiger partial charge in [-0.1, -0.05) is 0 Å². The van der Waals surface area contributed by atoms with E-state index >= 15 is 0 Å². The maximum atomic E-state index is 10.2. The molecule has 0 unspecified atom stereocenters. The third-order valence-corrected chi connectivity index (χ3v) is 4.61. The Hall–Kier alpha value is -1.11. The average molecular weight is 276 g/mol. The number of aliphatic hydroxyl groups is 1. The SMILES string of the molecule is CC1(C)OB(c2ccc(N)c(C3(O)CC3)n2)OC1(C)C. The van der Waals surface area contributed by atoms with E-state index in [2.05, 4.69) is 4.98 Å². The molecule has 5 nitrogen and oxygen atoms in total. The van der Waals surface area contributed by atoms with Gasteiger partial charge in [0.15, 0.2) is 0 Å². The van der Waals surface area contributed by atoms with E-state index in [9.17, 15) is 5.11 Å². The number of hydrogen-bond acceptors (Lipinski definition) is 5. The van der Waals surface area contributed by atoms with E-state index in [1.165, 1.54) is 0 Å². The summed E-state index contributed by atoms with van der Waals surface area (Å²) in [6.45, 7) is 8.00. The van der Waals surface area contributed by atoms with Crippen molar-refractivity contribution in [3.05, 3.63) is 17.8 Å². The van der Waals surface area contributed by atoms with Gasteiger partial charge in [-0.2, -0.15) is 0 Å². The van der Waals surface area contributed by atoms with Crippen LogP contribution in [0.5, 0.6) is 0 Å². The zero-order valence-electron chi connectivity index (χ0n) is 12.4. The highest BCUT2D eigenvalue weighted by Crippen LogP contribution is 2.46. The predicted molar refractivity (Wildman–Crippen MR) is 77.5 cm³/mol. The van der Waals surface area contributed by atoms with Crippen molar-refractivity contribution in [1.82, 2.24) is 4.98 Å². The van der Waals surface area contributed by atoms with Crippen LogP contribution in [0.15, 0.2) is 12.1 Å². The first-order valence-corrected chi connectivity index (χ1v) is 7.00. The Morgan fingerprint density at radius 1 is 1.15 bits per heavy atom. The van der Waals surface area contributed by atoms with Crippen molar-refractivity contribution in [2.45, 2.75) is 57.3 Å². The Kier molecular flexibility index (Phi) is 2.75. The molecule has 1 aliphatic heterocycles. The standard InChI is InChI=1S/C14H21BN2O3/c1-12(2)13(3,4)20-15(19-12)10-6-5-9(16)11(17-10)14(18)7-8-14/h5-6,18H,7-8,16H2,1-4H3. The second kappa shape index (κ2) is 3.96. The number of anilines is 1. The number of nitrogens with zero attached hydrogens (tertiary/aromatic N) is 1. The second-order valence-corrected chi connectivity index (χ2v) is 6.79. The fourth-order valence-corrected chi connectivity index (χ4v) is 2.31. The highest BCUT2D eigenvalue weighted by Gasteiger charge is 2.53. The lowest BCUT2D eigenvalue weighted by atomic mass is 9.83. The lowest BCUT2D eigenvalue weighted by Crippen LogP contribution is -2.41. The van der Waals surface area contributed by atoms with Crippen LogP contribution in [0.3, 0.4) is 0 Å². The summed E-state index contributed by atoms with van der Waals surface area (Å²) in [5, 5.41) is 10.2. The van der Waals surface area contributed by atoms with Crippen LogP contribution in [0.2, 0.25) is 0 Å². The zero-order valence-corrected chi connectivity index (χ0v) is 12.4. The van der Waals surface area contributed by atoms with E-state index in [1.54, 1.807) is 12.1 Å². The Balaban J connectivity index is 1.93. The van der Waals surface area contributed by atoms with Gasteiger partial charge in [0.25, 0.3) is 0 Å². The minimum Gasteiger partial charge on any atom is -0.398 e. The average Bonchev–Trinajstić information content (AvgIpc) is 3.02. The maximum Gasteiger partial charge on any atom is 0.514 e. The Labute approximate surface area is 119 Å². The number of nitrogen functional groups attached to an aromatic ring is 1. The normalized spacial score (nSPS) is 25.8. The molecule has 2 fully saturated rings. The topological polar surface area (TPSA) is 77.6 Å². The highest BCUT2D eigenvalue weighted by molar-refractivity contribution is 6.61. The Morgan fingerprint density at radius 2 is 1.70 bits per heavy atom. The molecule has 108 valence electrons. The van der Waals surface area contributed by atoms with Crippen LogP contribution in [-0.2, 0) is 14.9 Å². The number of hydrogen-bond donors (Lipinski definition) is 2. The summed E-state index contributed by atoms with van der Waals surface area (Å²) in [6.07, 6.45) is 1.41. The molecule has 0 bridgehead atoms. The van der Waals surface area contributed by atoms with Crippen LogP contribution in [0.4, 0.5) is 5.69 Å². The van der Waals surface area contributed by atoms with Gasteiger partial charge in [-0.15, -0.1) is 0 Å². The van der Waals surface area contributed by atoms with Crippen molar-refractivity contribution in [2.75, 3.05) is 5.73 Å². The van der Waals surface area contributed by atoms with Crippen molar-refractivity contribution < 1.29 is 14.4 Å². The molecule has 0 aromatic carbocycles. The van der Waals surface area contributed by atoms with Crippen molar-refractivity contribution >= 4 is 18.4 Å². The smallest absolute Gasteiger partial charge is 0.398 e. The monoisotopic (exact) mass is 276 g/mol. The van der Waals surface area contributed by atoms with E-state index in [1.807, 2.05) is 27.7 Å². The summed E-state index contributed by atoms with van der Waals surface area (Å²) in [6, 6.07) is 3.56. The molecule has 1 saturated heterocycles. The summed E-state index contributed by atoms with van der Waals surface area (Å²) in [7, 11) is -0.526. The summed E-state index contributed by atoms with van der Waals surface area (Å²) in [4.78, 5) is 4.49. The molecule has 1 aromatic heterocycles. The van der Waals surface area contributed by atoms with Crippen molar-refractivity contribution in [3.63, 3.8) is 0 Å². The predicted octanol–water partition coefficient (Wildman–Crippen LogP) is 0.944. The molecule has 1 saturated carbocycles. The van der Waals surface area contributed by atoms with Gasteiger partial charge in [0, 0.05) is 0 Å². The first-order chi connectivity index (χ1) is 9.15. The molecule has 0 atom stereocenters. The molecule has 3 N–H and O–H groups in total. The lowest BCUT2D eigenvalue weighted by Gasteiger charge is -2.32. The Morgan fingerprint density at radius 3 is 2.20 bits per heavy atom. The van der Waals surface area contributed by atoms with Gasteiger partial charge in [0.1, 0.15) is 5.60 Å². The van der Waals surface area contributed by atoms with E-state index in [0.717, 1.165) is 0 Å². The quantitative estimate of drug-likeness (QED) is 0.786. The first-order valence-electron chi connectivity index (χ1n) is 7.00. The van der Waals surface area contributed by atoms with Crippen LogP contribution < -0.4 is 11.3 Å². The molecule has 1 aliphatic carbocycles. The third-order valence-electron chi connectivity index (χ3n) is 4.61. The van der Waals surface area contributed by atoms with Gasteiger partial charge >= 0.3 is 7.12 Å². The third kappa shape index (κ3) is 2.03. The van der Waals surface area contributed by atoms with Crippen molar-refractivity contribution in [1.29, 1.82) is 0 Å². The fourth-order valence-electron chi connectivity index (χ4n) is 2.31. The summed E-state index contributed by atoms with van der Waals surface area (Å²) in [5.74, 6) is 0. The van der Waals surface area contributed by atoms with Gasteiger partial charge in [-0.25, -0.2) is 0 Å². The van der Waals surface area contributed by atoms with Crippen LogP contribution >= 0.6 is 0 Å². The van der Waals surface area contributed by atoms with Crippen LogP contribution in [0, 0.1) is 0 Å². The van der Waals surface area contributed by atoms with Crippen molar-refractivity contribution in [2.24, 2.45) is 0 Å². The number of pyridine rings is 1. The molecule has 0 spiro atoms. The molecule has 3 rings (SSSR count). The van der Waals surface area contributed by atoms with Crippen LogP contribution in [0.25, 0.3) is 0 Å². The zero-order chi connectivity index (χ0) is 14.8. The van der Waals surface area contributed by atoms with E-state index < -0.39 is 23.9 Å². The number of rotatable bonds is 2. The summed E-state index contributed by atoms with van der Waals surface area (Å²) >= 11 is 0. The molecule has 2 aliphatic rings. The fraction of sp³-hybridized carbons (Fsp3) is 0.643. The van der Waals surface area contributed by atoms with E-state index in [0.29, 0.717) is 29.8 Å². The van der Waals surface area contributed by atoms with Crippen LogP contribution in [-0.4, -0.2) is 28.4 Å². The maximum absolute atomic E-state index is 10.2. The summed E-state index contributed by atoms with van der Waals surface area (Å²) in [5.41, 5.74) is 5.97. The number of aromatic nitrogens is 1. The molecular weight excluding hydrogens is 255 g/mol. The largest absolute Gasteiger partial charge is 0.514 e. The van der Waals surface area contributed by atoms with Gasteiger partial charge in [-0.05, 0) is 52.7 Å². The minimum absolute atomic E-state index is 0.405. The highest BCUT2D eigenvalue weighted by atomic mass is 16.7. The van der Waals surface area contributed by atoms with Crippen LogP contribution in [0.1, 0.15) is 46.2 Å². The molecule has 2 heterocycles. The minimum atomic E-state index is -0.857.